The summed E-state index contributed by atoms with van der Waals surface area (Å²) < 4.78 is 5.70. The lowest BCUT2D eigenvalue weighted by Crippen LogP contribution is -2.02. The molecule has 3 rings (SSSR count). The topological polar surface area (TPSA) is 107 Å². The number of benzene rings is 3. The third kappa shape index (κ3) is 7.29. The van der Waals surface area contributed by atoms with Gasteiger partial charge < -0.3 is 9.84 Å². The monoisotopic (exact) mass is 443 g/mol. The maximum Gasteiger partial charge on any atom is 0.276 e. The van der Waals surface area contributed by atoms with Crippen LogP contribution in [0.25, 0.3) is 12.2 Å². The molecule has 7 nitrogen and oxygen atoms in total. The number of hydrogen-bond donors (Lipinski definition) is 1. The molecule has 0 saturated carbocycles. The summed E-state index contributed by atoms with van der Waals surface area (Å²) in [6.07, 6.45) is 4.90. The van der Waals surface area contributed by atoms with E-state index in [0.29, 0.717) is 17.9 Å². The molecule has 0 saturated heterocycles. The number of carbonyl (C=O) groups is 2. The fourth-order valence-electron chi connectivity index (χ4n) is 2.91. The summed E-state index contributed by atoms with van der Waals surface area (Å²) in [5.41, 5.74) is 1.67. The molecule has 0 unspecified atom stereocenters. The molecule has 0 amide bonds. The van der Waals surface area contributed by atoms with Gasteiger partial charge in [0.15, 0.2) is 11.6 Å². The van der Waals surface area contributed by atoms with Gasteiger partial charge in [0.25, 0.3) is 5.69 Å². The van der Waals surface area contributed by atoms with Crippen molar-refractivity contribution in [3.63, 3.8) is 0 Å². The number of phenols is 1. The van der Waals surface area contributed by atoms with Crippen LogP contribution in [0.2, 0.25) is 0 Å². The fourth-order valence-corrected chi connectivity index (χ4v) is 2.91. The molecule has 1 N–H and O–H groups in total. The van der Waals surface area contributed by atoms with Gasteiger partial charge in [-0.15, -0.1) is 0 Å². The molecule has 3 aromatic carbocycles. The van der Waals surface area contributed by atoms with Gasteiger partial charge in [-0.25, -0.2) is 0 Å². The van der Waals surface area contributed by atoms with E-state index < -0.39 is 16.5 Å². The molecule has 0 aliphatic rings. The van der Waals surface area contributed by atoms with Crippen molar-refractivity contribution in [1.82, 2.24) is 0 Å². The average molecular weight is 443 g/mol. The summed E-state index contributed by atoms with van der Waals surface area (Å²) in [5.74, 6) is -0.362. The smallest absolute Gasteiger partial charge is 0.276 e. The van der Waals surface area contributed by atoms with Crippen LogP contribution in [0.5, 0.6) is 11.5 Å². The number of ketones is 2. The average Bonchev–Trinajstić information content (AvgIpc) is 2.81. The van der Waals surface area contributed by atoms with Crippen molar-refractivity contribution in [3.8, 4) is 11.5 Å². The van der Waals surface area contributed by atoms with Gasteiger partial charge >= 0.3 is 0 Å². The van der Waals surface area contributed by atoms with Gasteiger partial charge in [0.1, 0.15) is 18.1 Å². The normalized spacial score (nSPS) is 11.0. The Morgan fingerprint density at radius 2 is 1.58 bits per heavy atom. The van der Waals surface area contributed by atoms with Crippen LogP contribution in [-0.2, 0) is 16.2 Å². The highest BCUT2D eigenvalue weighted by atomic mass is 16.6. The first-order valence-corrected chi connectivity index (χ1v) is 10.1. The minimum Gasteiger partial charge on any atom is -0.508 e. The van der Waals surface area contributed by atoms with Crippen molar-refractivity contribution in [1.29, 1.82) is 0 Å². The summed E-state index contributed by atoms with van der Waals surface area (Å²) in [4.78, 5) is 35.0. The lowest BCUT2D eigenvalue weighted by atomic mass is 10.1. The van der Waals surface area contributed by atoms with Gasteiger partial charge in [0.2, 0.25) is 0 Å². The maximum atomic E-state index is 12.2. The van der Waals surface area contributed by atoms with Crippen molar-refractivity contribution in [2.75, 3.05) is 0 Å². The first kappa shape index (κ1) is 23.1. The molecule has 0 atom stereocenters. The molecule has 0 heterocycles. The number of nitro benzene ring substituents is 1. The summed E-state index contributed by atoms with van der Waals surface area (Å²) in [6, 6.07) is 20.0. The second-order valence-electron chi connectivity index (χ2n) is 7.12. The van der Waals surface area contributed by atoms with E-state index in [2.05, 4.69) is 0 Å². The lowest BCUT2D eigenvalue weighted by Gasteiger charge is -2.07. The van der Waals surface area contributed by atoms with Crippen LogP contribution in [-0.4, -0.2) is 21.6 Å². The van der Waals surface area contributed by atoms with Gasteiger partial charge in [-0.2, -0.15) is 0 Å². The Hall–Kier alpha value is -4.52. The van der Waals surface area contributed by atoms with E-state index in [9.17, 15) is 24.8 Å². The Labute approximate surface area is 190 Å². The molecule has 0 aliphatic carbocycles. The Morgan fingerprint density at radius 3 is 2.24 bits per heavy atom. The third-order valence-electron chi connectivity index (χ3n) is 4.60. The highest BCUT2D eigenvalue weighted by Crippen LogP contribution is 2.26. The number of ether oxygens (including phenoxy) is 1. The fraction of sp³-hybridized carbons (Fsp3) is 0.0769. The molecule has 0 aromatic heterocycles. The van der Waals surface area contributed by atoms with E-state index in [0.717, 1.165) is 11.6 Å². The zero-order valence-electron chi connectivity index (χ0n) is 17.6. The van der Waals surface area contributed by atoms with E-state index in [1.54, 1.807) is 12.1 Å². The largest absolute Gasteiger partial charge is 0.508 e. The van der Waals surface area contributed by atoms with E-state index in [-0.39, 0.29) is 23.4 Å². The molecule has 0 spiro atoms. The van der Waals surface area contributed by atoms with Gasteiger partial charge in [-0.1, -0.05) is 48.5 Å². The van der Waals surface area contributed by atoms with Gasteiger partial charge in [0.05, 0.1) is 16.9 Å². The van der Waals surface area contributed by atoms with Gasteiger partial charge in [0, 0.05) is 6.07 Å². The number of allylic oxidation sites excluding steroid dienone is 2. The predicted octanol–water partition coefficient (Wildman–Crippen LogP) is 5.13. The number of hydrogen-bond acceptors (Lipinski definition) is 6. The first-order chi connectivity index (χ1) is 15.9. The minimum absolute atomic E-state index is 0.113. The highest BCUT2D eigenvalue weighted by molar-refractivity contribution is 6.11. The Morgan fingerprint density at radius 1 is 0.909 bits per heavy atom. The van der Waals surface area contributed by atoms with Crippen LogP contribution in [0.4, 0.5) is 5.69 Å². The molecule has 33 heavy (non-hydrogen) atoms. The summed E-state index contributed by atoms with van der Waals surface area (Å²) in [7, 11) is 0. The first-order valence-electron chi connectivity index (χ1n) is 10.1. The Bertz CT molecular complexity index is 1200. The highest BCUT2D eigenvalue weighted by Gasteiger charge is 2.13. The van der Waals surface area contributed by atoms with Crippen LogP contribution >= 0.6 is 0 Å². The number of aromatic hydroxyl groups is 1. The van der Waals surface area contributed by atoms with Crippen molar-refractivity contribution < 1.29 is 24.4 Å². The van der Waals surface area contributed by atoms with E-state index in [1.165, 1.54) is 48.6 Å². The standard InChI is InChI=1S/C26H21NO6/c28-22-10-6-19(7-11-22)8-12-23(29)17-24(30)13-9-21-16-25(14-15-26(21)27(31)32)33-18-20-4-2-1-3-5-20/h1-16,28H,17-18H2/b12-8+,13-9+. The van der Waals surface area contributed by atoms with E-state index >= 15 is 0 Å². The molecular weight excluding hydrogens is 422 g/mol. The van der Waals surface area contributed by atoms with Crippen LogP contribution in [0.1, 0.15) is 23.1 Å². The zero-order chi connectivity index (χ0) is 23.6. The second-order valence-corrected chi connectivity index (χ2v) is 7.12. The number of rotatable bonds is 10. The lowest BCUT2D eigenvalue weighted by molar-refractivity contribution is -0.385. The Balaban J connectivity index is 1.64. The van der Waals surface area contributed by atoms with Crippen molar-refractivity contribution >= 4 is 29.4 Å². The molecule has 0 fully saturated rings. The summed E-state index contributed by atoms with van der Waals surface area (Å²) in [6.45, 7) is 0.294. The second kappa shape index (κ2) is 11.2. The summed E-state index contributed by atoms with van der Waals surface area (Å²) in [5, 5.41) is 20.6. The number of phenolic OH excluding ortho intramolecular Hbond substituents is 1. The Kier molecular flexibility index (Phi) is 7.86. The molecule has 3 aromatic rings. The van der Waals surface area contributed by atoms with Crippen LogP contribution in [0.3, 0.4) is 0 Å². The molecule has 0 radical (unpaired) electrons. The van der Waals surface area contributed by atoms with E-state index in [1.807, 2.05) is 30.3 Å². The molecule has 166 valence electrons. The van der Waals surface area contributed by atoms with Crippen LogP contribution < -0.4 is 4.74 Å². The number of carbonyl (C=O) groups excluding carboxylic acids is 2. The SMILES string of the molecule is O=C(/C=C/c1ccc(O)cc1)CC(=O)/C=C/c1cc(OCc2ccccc2)ccc1[N+](=O)[O-]. The number of nitro groups is 1. The molecule has 7 heteroatoms. The predicted molar refractivity (Wildman–Crippen MR) is 125 cm³/mol. The summed E-state index contributed by atoms with van der Waals surface area (Å²) >= 11 is 0. The maximum absolute atomic E-state index is 12.2. The molecule has 0 aliphatic heterocycles. The van der Waals surface area contributed by atoms with Crippen LogP contribution in [0, 0.1) is 10.1 Å². The molecule has 0 bridgehead atoms. The zero-order valence-corrected chi connectivity index (χ0v) is 17.6. The van der Waals surface area contributed by atoms with Crippen LogP contribution in [0.15, 0.2) is 84.9 Å². The quantitative estimate of drug-likeness (QED) is 0.201. The van der Waals surface area contributed by atoms with Crippen molar-refractivity contribution in [2.24, 2.45) is 0 Å². The van der Waals surface area contributed by atoms with Gasteiger partial charge in [-0.05, 0) is 53.6 Å². The molecular formula is C26H21NO6. The minimum atomic E-state index is -0.545. The third-order valence-corrected chi connectivity index (χ3v) is 4.60. The van der Waals surface area contributed by atoms with E-state index in [4.69, 9.17) is 4.74 Å². The number of nitrogens with zero attached hydrogens (tertiary/aromatic N) is 1. The van der Waals surface area contributed by atoms with Crippen molar-refractivity contribution in [3.05, 3.63) is 112 Å². The van der Waals surface area contributed by atoms with Crippen molar-refractivity contribution in [2.45, 2.75) is 13.0 Å². The van der Waals surface area contributed by atoms with Gasteiger partial charge in [-0.3, -0.25) is 19.7 Å².